The standard InChI is InChI=1S/C19H24N2O4/c1-13(22)15-11-16(20-12-15)19(23)21(2)9-5-6-14-7-8-17(24-3)18(10-14)25-4/h7-8,10-12,20H,5-6,9H2,1-4H3. The summed E-state index contributed by atoms with van der Waals surface area (Å²) in [6.45, 7) is 2.09. The van der Waals surface area contributed by atoms with Gasteiger partial charge in [0.1, 0.15) is 5.69 Å². The van der Waals surface area contributed by atoms with Crippen molar-refractivity contribution in [3.05, 3.63) is 47.3 Å². The van der Waals surface area contributed by atoms with E-state index in [1.165, 1.54) is 6.92 Å². The van der Waals surface area contributed by atoms with Crippen LogP contribution in [0.5, 0.6) is 11.5 Å². The molecule has 0 aliphatic rings. The first-order valence-electron chi connectivity index (χ1n) is 8.12. The van der Waals surface area contributed by atoms with Crippen molar-refractivity contribution in [3.8, 4) is 11.5 Å². The van der Waals surface area contributed by atoms with Crippen molar-refractivity contribution in [1.82, 2.24) is 9.88 Å². The van der Waals surface area contributed by atoms with Crippen LogP contribution in [0.25, 0.3) is 0 Å². The first kappa shape index (κ1) is 18.6. The molecule has 25 heavy (non-hydrogen) atoms. The van der Waals surface area contributed by atoms with Gasteiger partial charge in [-0.3, -0.25) is 9.59 Å². The number of H-pyrrole nitrogens is 1. The lowest BCUT2D eigenvalue weighted by molar-refractivity contribution is 0.0788. The molecule has 1 amide bonds. The van der Waals surface area contributed by atoms with Gasteiger partial charge in [0.05, 0.1) is 14.2 Å². The van der Waals surface area contributed by atoms with Crippen LogP contribution in [0.4, 0.5) is 0 Å². The lowest BCUT2D eigenvalue weighted by Crippen LogP contribution is -2.28. The summed E-state index contributed by atoms with van der Waals surface area (Å²) in [5, 5.41) is 0. The Morgan fingerprint density at radius 1 is 1.12 bits per heavy atom. The molecule has 1 N–H and O–H groups in total. The maximum absolute atomic E-state index is 12.4. The van der Waals surface area contributed by atoms with Crippen molar-refractivity contribution in [2.75, 3.05) is 27.8 Å². The van der Waals surface area contributed by atoms with E-state index in [-0.39, 0.29) is 11.7 Å². The van der Waals surface area contributed by atoms with Crippen molar-refractivity contribution in [2.24, 2.45) is 0 Å². The highest BCUT2D eigenvalue weighted by Crippen LogP contribution is 2.27. The van der Waals surface area contributed by atoms with Gasteiger partial charge < -0.3 is 19.4 Å². The Balaban J connectivity index is 1.90. The number of amides is 1. The molecule has 0 radical (unpaired) electrons. The van der Waals surface area contributed by atoms with E-state index in [0.717, 1.165) is 18.4 Å². The van der Waals surface area contributed by atoms with Gasteiger partial charge in [0, 0.05) is 25.4 Å². The average Bonchev–Trinajstić information content (AvgIpc) is 3.11. The van der Waals surface area contributed by atoms with Crippen molar-refractivity contribution in [1.29, 1.82) is 0 Å². The predicted molar refractivity (Wildman–Crippen MR) is 95.6 cm³/mol. The van der Waals surface area contributed by atoms with Crippen LogP contribution in [0, 0.1) is 0 Å². The molecule has 0 bridgehead atoms. The molecule has 0 aliphatic carbocycles. The van der Waals surface area contributed by atoms with E-state index in [0.29, 0.717) is 29.3 Å². The molecule has 6 nitrogen and oxygen atoms in total. The van der Waals surface area contributed by atoms with Crippen molar-refractivity contribution >= 4 is 11.7 Å². The molecule has 1 aromatic carbocycles. The highest BCUT2D eigenvalue weighted by atomic mass is 16.5. The van der Waals surface area contributed by atoms with Crippen molar-refractivity contribution in [3.63, 3.8) is 0 Å². The SMILES string of the molecule is COc1ccc(CCCN(C)C(=O)c2cc(C(C)=O)c[nH]2)cc1OC. The molecular formula is C19H24N2O4. The summed E-state index contributed by atoms with van der Waals surface area (Å²) >= 11 is 0. The van der Waals surface area contributed by atoms with E-state index in [1.54, 1.807) is 38.4 Å². The maximum atomic E-state index is 12.4. The number of hydrogen-bond donors (Lipinski definition) is 1. The second kappa shape index (κ2) is 8.37. The van der Waals surface area contributed by atoms with E-state index >= 15 is 0 Å². The van der Waals surface area contributed by atoms with E-state index in [4.69, 9.17) is 9.47 Å². The lowest BCUT2D eigenvalue weighted by atomic mass is 10.1. The van der Waals surface area contributed by atoms with Crippen LogP contribution >= 0.6 is 0 Å². The highest BCUT2D eigenvalue weighted by Gasteiger charge is 2.15. The monoisotopic (exact) mass is 344 g/mol. The number of Topliss-reactive ketones (excluding diaryl/α,β-unsaturated/α-hetero) is 1. The zero-order chi connectivity index (χ0) is 18.4. The molecule has 0 unspecified atom stereocenters. The Bertz CT molecular complexity index is 752. The number of carbonyl (C=O) groups is 2. The van der Waals surface area contributed by atoms with E-state index in [2.05, 4.69) is 4.98 Å². The third-order valence-electron chi connectivity index (χ3n) is 4.07. The summed E-state index contributed by atoms with van der Waals surface area (Å²) in [5.74, 6) is 1.21. The summed E-state index contributed by atoms with van der Waals surface area (Å²) in [7, 11) is 4.97. The van der Waals surface area contributed by atoms with Gasteiger partial charge in [-0.1, -0.05) is 6.07 Å². The van der Waals surface area contributed by atoms with E-state index in [9.17, 15) is 9.59 Å². The van der Waals surface area contributed by atoms with Gasteiger partial charge in [0.25, 0.3) is 5.91 Å². The molecular weight excluding hydrogens is 320 g/mol. The first-order valence-corrected chi connectivity index (χ1v) is 8.12. The van der Waals surface area contributed by atoms with Gasteiger partial charge in [-0.25, -0.2) is 0 Å². The quantitative estimate of drug-likeness (QED) is 0.748. The minimum atomic E-state index is -0.125. The number of ether oxygens (including phenoxy) is 2. The second-order valence-corrected chi connectivity index (χ2v) is 5.88. The smallest absolute Gasteiger partial charge is 0.270 e. The Hall–Kier alpha value is -2.76. The average molecular weight is 344 g/mol. The molecule has 0 aliphatic heterocycles. The van der Waals surface area contributed by atoms with Gasteiger partial charge in [-0.05, 0) is 43.5 Å². The van der Waals surface area contributed by atoms with Crippen LogP contribution in [0.15, 0.2) is 30.5 Å². The van der Waals surface area contributed by atoms with Gasteiger partial charge in [-0.2, -0.15) is 0 Å². The number of rotatable bonds is 8. The van der Waals surface area contributed by atoms with Crippen LogP contribution in [0.2, 0.25) is 0 Å². The number of nitrogens with one attached hydrogen (secondary N) is 1. The molecule has 0 fully saturated rings. The summed E-state index contributed by atoms with van der Waals surface area (Å²) in [6, 6.07) is 7.42. The van der Waals surface area contributed by atoms with Crippen molar-refractivity contribution in [2.45, 2.75) is 19.8 Å². The number of benzene rings is 1. The normalized spacial score (nSPS) is 10.4. The molecule has 0 spiro atoms. The van der Waals surface area contributed by atoms with Crippen LogP contribution < -0.4 is 9.47 Å². The molecule has 0 atom stereocenters. The third kappa shape index (κ3) is 4.62. The fourth-order valence-corrected chi connectivity index (χ4v) is 2.58. The molecule has 6 heteroatoms. The second-order valence-electron chi connectivity index (χ2n) is 5.88. The topological polar surface area (TPSA) is 71.6 Å². The summed E-state index contributed by atoms with van der Waals surface area (Å²) in [4.78, 5) is 28.2. The number of methoxy groups -OCH3 is 2. The third-order valence-corrected chi connectivity index (χ3v) is 4.07. The molecule has 1 heterocycles. The first-order chi connectivity index (χ1) is 12.0. The summed E-state index contributed by atoms with van der Waals surface area (Å²) < 4.78 is 10.5. The Morgan fingerprint density at radius 2 is 1.84 bits per heavy atom. The van der Waals surface area contributed by atoms with Crippen molar-refractivity contribution < 1.29 is 19.1 Å². The zero-order valence-corrected chi connectivity index (χ0v) is 15.1. The highest BCUT2D eigenvalue weighted by molar-refractivity contribution is 5.98. The largest absolute Gasteiger partial charge is 0.493 e. The Labute approximate surface area is 147 Å². The fourth-order valence-electron chi connectivity index (χ4n) is 2.58. The van der Waals surface area contributed by atoms with Crippen LogP contribution in [-0.4, -0.2) is 49.4 Å². The van der Waals surface area contributed by atoms with E-state index in [1.807, 2.05) is 18.2 Å². The van der Waals surface area contributed by atoms with Gasteiger partial charge in [0.15, 0.2) is 17.3 Å². The Morgan fingerprint density at radius 3 is 2.44 bits per heavy atom. The fraction of sp³-hybridized carbons (Fsp3) is 0.368. The van der Waals surface area contributed by atoms with Gasteiger partial charge in [0.2, 0.25) is 0 Å². The number of nitrogens with zero attached hydrogens (tertiary/aromatic N) is 1. The number of carbonyl (C=O) groups excluding carboxylic acids is 2. The molecule has 0 saturated carbocycles. The van der Waals surface area contributed by atoms with E-state index < -0.39 is 0 Å². The lowest BCUT2D eigenvalue weighted by Gasteiger charge is -2.16. The Kier molecular flexibility index (Phi) is 6.22. The number of aromatic amines is 1. The number of aromatic nitrogens is 1. The molecule has 0 saturated heterocycles. The minimum Gasteiger partial charge on any atom is -0.493 e. The molecule has 134 valence electrons. The van der Waals surface area contributed by atoms with Crippen LogP contribution in [0.3, 0.4) is 0 Å². The van der Waals surface area contributed by atoms with Gasteiger partial charge in [-0.15, -0.1) is 0 Å². The predicted octanol–water partition coefficient (Wildman–Crippen LogP) is 2.94. The van der Waals surface area contributed by atoms with Crippen LogP contribution in [-0.2, 0) is 6.42 Å². The molecule has 1 aromatic heterocycles. The zero-order valence-electron chi connectivity index (χ0n) is 15.1. The molecule has 2 aromatic rings. The number of aryl methyl sites for hydroxylation is 1. The van der Waals surface area contributed by atoms with Crippen LogP contribution in [0.1, 0.15) is 39.8 Å². The summed E-state index contributed by atoms with van der Waals surface area (Å²) in [6.07, 6.45) is 3.20. The summed E-state index contributed by atoms with van der Waals surface area (Å²) in [5.41, 5.74) is 2.07. The van der Waals surface area contributed by atoms with Gasteiger partial charge >= 0.3 is 0 Å². The minimum absolute atomic E-state index is 0.0635. The number of hydrogen-bond acceptors (Lipinski definition) is 4. The number of ketones is 1. The maximum Gasteiger partial charge on any atom is 0.270 e. The molecule has 2 rings (SSSR count).